The maximum Gasteiger partial charge on any atom is 0.246 e. The third kappa shape index (κ3) is 3.30. The second-order valence-corrected chi connectivity index (χ2v) is 7.09. The van der Waals surface area contributed by atoms with Crippen molar-refractivity contribution in [2.75, 3.05) is 13.1 Å². The van der Waals surface area contributed by atoms with E-state index in [2.05, 4.69) is 16.7 Å². The highest BCUT2D eigenvalue weighted by Gasteiger charge is 2.32. The largest absolute Gasteiger partial charge is 0.457 e. The third-order valence-corrected chi connectivity index (χ3v) is 5.13. The van der Waals surface area contributed by atoms with Gasteiger partial charge in [0.05, 0.1) is 24.1 Å². The molecule has 7 nitrogen and oxygen atoms in total. The molecule has 4 aromatic rings. The molecule has 0 saturated carbocycles. The fourth-order valence-corrected chi connectivity index (χ4v) is 3.46. The maximum absolute atomic E-state index is 11.7. The molecule has 0 radical (unpaired) electrons. The molecule has 0 aliphatic carbocycles. The van der Waals surface area contributed by atoms with Crippen LogP contribution in [0.5, 0.6) is 11.5 Å². The summed E-state index contributed by atoms with van der Waals surface area (Å²) in [5.41, 5.74) is 3.15. The Hall–Kier alpha value is -4.00. The zero-order chi connectivity index (χ0) is 20.5. The number of likely N-dealkylation sites (tertiary alicyclic amines) is 1. The Morgan fingerprint density at radius 3 is 2.50 bits per heavy atom. The standard InChI is InChI=1S/C23H19N5O2/c1-2-22(29)27-14-17(15-27)28-23-21(13-25-28)24-12-20(26-23)16-8-10-19(11-9-16)30-18-6-4-3-5-7-18/h2-13,17H,1,14-15H2. The zero-order valence-corrected chi connectivity index (χ0v) is 16.2. The molecule has 30 heavy (non-hydrogen) atoms. The number of ether oxygens (including phenoxy) is 1. The number of benzene rings is 2. The molecular weight excluding hydrogens is 378 g/mol. The molecule has 3 heterocycles. The smallest absolute Gasteiger partial charge is 0.246 e. The van der Waals surface area contributed by atoms with Crippen molar-refractivity contribution >= 4 is 17.1 Å². The number of carbonyl (C=O) groups is 1. The molecule has 0 spiro atoms. The number of rotatable bonds is 5. The number of carbonyl (C=O) groups excluding carboxylic acids is 1. The van der Waals surface area contributed by atoms with E-state index in [1.165, 1.54) is 6.08 Å². The van der Waals surface area contributed by atoms with Crippen LogP contribution >= 0.6 is 0 Å². The molecule has 7 heteroatoms. The van der Waals surface area contributed by atoms with E-state index < -0.39 is 0 Å². The molecular formula is C23H19N5O2. The van der Waals surface area contributed by atoms with Crippen molar-refractivity contribution in [3.63, 3.8) is 0 Å². The molecule has 5 rings (SSSR count). The highest BCUT2D eigenvalue weighted by atomic mass is 16.5. The SMILES string of the molecule is C=CC(=O)N1CC(n2ncc3ncc(-c4ccc(Oc5ccccc5)cc4)nc32)C1. The van der Waals surface area contributed by atoms with E-state index in [0.29, 0.717) is 18.7 Å². The van der Waals surface area contributed by atoms with Gasteiger partial charge >= 0.3 is 0 Å². The average Bonchev–Trinajstić information content (AvgIpc) is 3.17. The van der Waals surface area contributed by atoms with Crippen LogP contribution in [-0.2, 0) is 4.79 Å². The normalized spacial score (nSPS) is 13.8. The average molecular weight is 397 g/mol. The number of hydrogen-bond acceptors (Lipinski definition) is 5. The second kappa shape index (κ2) is 7.44. The predicted molar refractivity (Wildman–Crippen MR) is 113 cm³/mol. The lowest BCUT2D eigenvalue weighted by Crippen LogP contribution is -2.50. The van der Waals surface area contributed by atoms with Gasteiger partial charge in [0, 0.05) is 18.7 Å². The highest BCUT2D eigenvalue weighted by Crippen LogP contribution is 2.27. The molecule has 2 aromatic carbocycles. The Morgan fingerprint density at radius 2 is 1.77 bits per heavy atom. The van der Waals surface area contributed by atoms with Crippen LogP contribution < -0.4 is 4.74 Å². The summed E-state index contributed by atoms with van der Waals surface area (Å²) in [6.07, 6.45) is 4.79. The lowest BCUT2D eigenvalue weighted by molar-refractivity contribution is -0.131. The number of nitrogens with zero attached hydrogens (tertiary/aromatic N) is 5. The molecule has 1 aliphatic heterocycles. The lowest BCUT2D eigenvalue weighted by Gasteiger charge is -2.38. The number of hydrogen-bond donors (Lipinski definition) is 0. The molecule has 1 saturated heterocycles. The number of amides is 1. The first-order valence-electron chi connectivity index (χ1n) is 9.66. The van der Waals surface area contributed by atoms with E-state index in [1.807, 2.05) is 59.3 Å². The van der Waals surface area contributed by atoms with Crippen LogP contribution in [0.25, 0.3) is 22.4 Å². The fraction of sp³-hybridized carbons (Fsp3) is 0.130. The van der Waals surface area contributed by atoms with Gasteiger partial charge in [0.25, 0.3) is 0 Å². The van der Waals surface area contributed by atoms with Crippen molar-refractivity contribution in [1.82, 2.24) is 24.6 Å². The van der Waals surface area contributed by atoms with Crippen molar-refractivity contribution < 1.29 is 9.53 Å². The Labute approximate surface area is 173 Å². The maximum atomic E-state index is 11.7. The molecule has 0 N–H and O–H groups in total. The summed E-state index contributed by atoms with van der Waals surface area (Å²) in [5, 5.41) is 4.44. The number of fused-ring (bicyclic) bond motifs is 1. The van der Waals surface area contributed by atoms with Gasteiger partial charge in [0.2, 0.25) is 5.91 Å². The summed E-state index contributed by atoms with van der Waals surface area (Å²) in [5.74, 6) is 1.48. The lowest BCUT2D eigenvalue weighted by atomic mass is 10.1. The second-order valence-electron chi connectivity index (χ2n) is 7.09. The van der Waals surface area contributed by atoms with Crippen molar-refractivity contribution in [2.45, 2.75) is 6.04 Å². The molecule has 0 bridgehead atoms. The number of para-hydroxylation sites is 1. The van der Waals surface area contributed by atoms with E-state index >= 15 is 0 Å². The van der Waals surface area contributed by atoms with Crippen LogP contribution in [0, 0.1) is 0 Å². The summed E-state index contributed by atoms with van der Waals surface area (Å²) in [6, 6.07) is 17.5. The highest BCUT2D eigenvalue weighted by molar-refractivity contribution is 5.87. The van der Waals surface area contributed by atoms with Crippen molar-refractivity contribution in [3.8, 4) is 22.8 Å². The van der Waals surface area contributed by atoms with Gasteiger partial charge in [-0.25, -0.2) is 14.6 Å². The number of aromatic nitrogens is 4. The van der Waals surface area contributed by atoms with Crippen LogP contribution in [0.4, 0.5) is 0 Å². The van der Waals surface area contributed by atoms with Gasteiger partial charge in [-0.2, -0.15) is 5.10 Å². The molecule has 1 aliphatic rings. The summed E-state index contributed by atoms with van der Waals surface area (Å²) >= 11 is 0. The first-order valence-corrected chi connectivity index (χ1v) is 9.66. The quantitative estimate of drug-likeness (QED) is 0.478. The summed E-state index contributed by atoms with van der Waals surface area (Å²) in [7, 11) is 0. The van der Waals surface area contributed by atoms with Gasteiger partial charge in [-0.15, -0.1) is 0 Å². The van der Waals surface area contributed by atoms with Gasteiger partial charge in [-0.3, -0.25) is 4.79 Å². The van der Waals surface area contributed by atoms with E-state index in [0.717, 1.165) is 28.3 Å². The van der Waals surface area contributed by atoms with E-state index in [4.69, 9.17) is 9.72 Å². The predicted octanol–water partition coefficient (Wildman–Crippen LogP) is 3.85. The molecule has 148 valence electrons. The van der Waals surface area contributed by atoms with Gasteiger partial charge < -0.3 is 9.64 Å². The zero-order valence-electron chi connectivity index (χ0n) is 16.2. The Kier molecular flexibility index (Phi) is 4.48. The molecule has 1 amide bonds. The monoisotopic (exact) mass is 397 g/mol. The molecule has 1 fully saturated rings. The Morgan fingerprint density at radius 1 is 1.03 bits per heavy atom. The van der Waals surface area contributed by atoms with Crippen molar-refractivity contribution in [3.05, 3.63) is 79.6 Å². The minimum atomic E-state index is -0.0627. The summed E-state index contributed by atoms with van der Waals surface area (Å²) in [4.78, 5) is 22.7. The van der Waals surface area contributed by atoms with Crippen LogP contribution in [0.1, 0.15) is 6.04 Å². The molecule has 0 atom stereocenters. The van der Waals surface area contributed by atoms with E-state index in [1.54, 1.807) is 17.3 Å². The molecule has 2 aromatic heterocycles. The third-order valence-electron chi connectivity index (χ3n) is 5.13. The Balaban J connectivity index is 1.37. The first kappa shape index (κ1) is 18.1. The summed E-state index contributed by atoms with van der Waals surface area (Å²) < 4.78 is 7.70. The van der Waals surface area contributed by atoms with Crippen LogP contribution in [0.15, 0.2) is 79.6 Å². The minimum Gasteiger partial charge on any atom is -0.457 e. The fourth-order valence-electron chi connectivity index (χ4n) is 3.46. The van der Waals surface area contributed by atoms with Crippen molar-refractivity contribution in [1.29, 1.82) is 0 Å². The van der Waals surface area contributed by atoms with Gasteiger partial charge in [-0.05, 0) is 42.5 Å². The van der Waals surface area contributed by atoms with Gasteiger partial charge in [0.1, 0.15) is 17.0 Å². The van der Waals surface area contributed by atoms with Crippen LogP contribution in [0.3, 0.4) is 0 Å². The van der Waals surface area contributed by atoms with Gasteiger partial charge in [0.15, 0.2) is 5.65 Å². The van der Waals surface area contributed by atoms with Crippen LogP contribution in [-0.4, -0.2) is 43.6 Å². The first-order chi connectivity index (χ1) is 14.7. The van der Waals surface area contributed by atoms with Gasteiger partial charge in [-0.1, -0.05) is 24.8 Å². The minimum absolute atomic E-state index is 0.0627. The molecule has 0 unspecified atom stereocenters. The van der Waals surface area contributed by atoms with E-state index in [9.17, 15) is 4.79 Å². The van der Waals surface area contributed by atoms with E-state index in [-0.39, 0.29) is 11.9 Å². The van der Waals surface area contributed by atoms with Crippen molar-refractivity contribution in [2.24, 2.45) is 0 Å². The topological polar surface area (TPSA) is 73.1 Å². The van der Waals surface area contributed by atoms with Crippen LogP contribution in [0.2, 0.25) is 0 Å². The Bertz CT molecular complexity index is 1210. The summed E-state index contributed by atoms with van der Waals surface area (Å²) in [6.45, 7) is 4.72.